The van der Waals surface area contributed by atoms with E-state index in [1.54, 1.807) is 42.0 Å². The standard InChI is InChI=1S/C33H43N5O5/c1-22-19-38(23(2)21-39)32(41)27-18-25(34-31(40)14-9-17-36(3)4)15-16-29(27)43-30(22)20-37(5)33(42)35-28-13-8-11-24-10-6-7-12-26(24)28/h6-8,10-13,15-16,18,22-23,30,39H,9,14,17,19-21H2,1-5H3,(H,34,40)(H,35,42)/t22-,23+,30+/m1/s1. The number of carbonyl (C=O) groups excluding carboxylic acids is 3. The number of ether oxygens (including phenoxy) is 1. The van der Waals surface area contributed by atoms with Crippen LogP contribution in [0.4, 0.5) is 16.2 Å². The Kier molecular flexibility index (Phi) is 10.6. The number of nitrogens with one attached hydrogen (secondary N) is 2. The van der Waals surface area contributed by atoms with E-state index in [0.29, 0.717) is 30.0 Å². The summed E-state index contributed by atoms with van der Waals surface area (Å²) < 4.78 is 6.42. The topological polar surface area (TPSA) is 114 Å². The van der Waals surface area contributed by atoms with E-state index in [4.69, 9.17) is 4.74 Å². The van der Waals surface area contributed by atoms with E-state index in [1.807, 2.05) is 68.4 Å². The molecule has 0 saturated carbocycles. The van der Waals surface area contributed by atoms with Gasteiger partial charge in [0.05, 0.1) is 30.4 Å². The lowest BCUT2D eigenvalue weighted by atomic mass is 9.99. The van der Waals surface area contributed by atoms with Gasteiger partial charge in [-0.3, -0.25) is 9.59 Å². The molecule has 4 amide bonds. The van der Waals surface area contributed by atoms with Gasteiger partial charge in [-0.15, -0.1) is 0 Å². The van der Waals surface area contributed by atoms with E-state index in [9.17, 15) is 19.5 Å². The van der Waals surface area contributed by atoms with Crippen LogP contribution in [-0.2, 0) is 4.79 Å². The van der Waals surface area contributed by atoms with E-state index >= 15 is 0 Å². The Morgan fingerprint density at radius 3 is 2.56 bits per heavy atom. The van der Waals surface area contributed by atoms with Gasteiger partial charge >= 0.3 is 6.03 Å². The van der Waals surface area contributed by atoms with E-state index < -0.39 is 12.1 Å². The van der Waals surface area contributed by atoms with Crippen LogP contribution in [0.25, 0.3) is 10.8 Å². The summed E-state index contributed by atoms with van der Waals surface area (Å²) in [6.45, 7) is 4.95. The van der Waals surface area contributed by atoms with Gasteiger partial charge in [0, 0.05) is 37.0 Å². The maximum atomic E-state index is 13.7. The maximum Gasteiger partial charge on any atom is 0.321 e. The van der Waals surface area contributed by atoms with Crippen molar-refractivity contribution in [2.45, 2.75) is 38.8 Å². The zero-order chi connectivity index (χ0) is 31.1. The first-order valence-corrected chi connectivity index (χ1v) is 14.7. The summed E-state index contributed by atoms with van der Waals surface area (Å²) in [7, 11) is 5.63. The molecule has 0 spiro atoms. The number of rotatable bonds is 10. The third-order valence-electron chi connectivity index (χ3n) is 7.79. The van der Waals surface area contributed by atoms with Gasteiger partial charge < -0.3 is 35.2 Å². The van der Waals surface area contributed by atoms with E-state index in [2.05, 4.69) is 10.6 Å². The van der Waals surface area contributed by atoms with Crippen LogP contribution in [0, 0.1) is 5.92 Å². The minimum Gasteiger partial charge on any atom is -0.487 e. The Morgan fingerprint density at radius 1 is 1.07 bits per heavy atom. The van der Waals surface area contributed by atoms with Gasteiger partial charge in [0.2, 0.25) is 5.91 Å². The summed E-state index contributed by atoms with van der Waals surface area (Å²) >= 11 is 0. The fourth-order valence-electron chi connectivity index (χ4n) is 5.20. The normalized spacial score (nSPS) is 17.5. The second-order valence-electron chi connectivity index (χ2n) is 11.6. The molecule has 3 aromatic rings. The molecule has 0 bridgehead atoms. The fourth-order valence-corrected chi connectivity index (χ4v) is 5.20. The Labute approximate surface area is 253 Å². The van der Waals surface area contributed by atoms with Gasteiger partial charge in [0.15, 0.2) is 0 Å². The molecule has 0 aromatic heterocycles. The minimum atomic E-state index is -0.449. The molecule has 43 heavy (non-hydrogen) atoms. The van der Waals surface area contributed by atoms with Crippen LogP contribution in [0.2, 0.25) is 0 Å². The lowest BCUT2D eigenvalue weighted by Gasteiger charge is -2.38. The monoisotopic (exact) mass is 589 g/mol. The first-order valence-electron chi connectivity index (χ1n) is 14.7. The summed E-state index contributed by atoms with van der Waals surface area (Å²) in [5.74, 6) is -0.209. The molecule has 3 atom stereocenters. The van der Waals surface area contributed by atoms with Crippen LogP contribution in [0.1, 0.15) is 37.0 Å². The number of anilines is 2. The average molecular weight is 590 g/mol. The van der Waals surface area contributed by atoms with Crippen LogP contribution < -0.4 is 15.4 Å². The molecular formula is C33H43N5O5. The second kappa shape index (κ2) is 14.3. The average Bonchev–Trinajstić information content (AvgIpc) is 2.98. The summed E-state index contributed by atoms with van der Waals surface area (Å²) in [5.41, 5.74) is 1.52. The maximum absolute atomic E-state index is 13.7. The molecule has 0 saturated heterocycles. The zero-order valence-electron chi connectivity index (χ0n) is 25.7. The Morgan fingerprint density at radius 2 is 1.81 bits per heavy atom. The molecule has 4 rings (SSSR count). The lowest BCUT2D eigenvalue weighted by molar-refractivity contribution is -0.116. The molecule has 1 heterocycles. The number of hydrogen-bond donors (Lipinski definition) is 3. The van der Waals surface area contributed by atoms with Crippen LogP contribution in [0.15, 0.2) is 60.7 Å². The number of aliphatic hydroxyl groups excluding tert-OH is 1. The lowest BCUT2D eigenvalue weighted by Crippen LogP contribution is -2.50. The fraction of sp³-hybridized carbons (Fsp3) is 0.424. The van der Waals surface area contributed by atoms with Crippen molar-refractivity contribution in [3.05, 3.63) is 66.2 Å². The summed E-state index contributed by atoms with van der Waals surface area (Å²) in [6.07, 6.45) is 0.629. The Bertz CT molecular complexity index is 1440. The van der Waals surface area contributed by atoms with Crippen molar-refractivity contribution in [1.29, 1.82) is 0 Å². The number of hydrogen-bond acceptors (Lipinski definition) is 6. The minimum absolute atomic E-state index is 0.132. The highest BCUT2D eigenvalue weighted by atomic mass is 16.5. The molecule has 0 unspecified atom stereocenters. The van der Waals surface area contributed by atoms with Crippen LogP contribution >= 0.6 is 0 Å². The van der Waals surface area contributed by atoms with Crippen LogP contribution in [-0.4, -0.2) is 97.2 Å². The zero-order valence-corrected chi connectivity index (χ0v) is 25.7. The molecule has 10 nitrogen and oxygen atoms in total. The van der Waals surface area contributed by atoms with Gasteiger partial charge in [0.25, 0.3) is 5.91 Å². The van der Waals surface area contributed by atoms with Gasteiger partial charge in [-0.1, -0.05) is 43.3 Å². The van der Waals surface area contributed by atoms with Crippen molar-refractivity contribution in [1.82, 2.24) is 14.7 Å². The van der Waals surface area contributed by atoms with Crippen LogP contribution in [0.5, 0.6) is 5.75 Å². The van der Waals surface area contributed by atoms with Gasteiger partial charge in [-0.2, -0.15) is 0 Å². The molecule has 3 N–H and O–H groups in total. The van der Waals surface area contributed by atoms with Gasteiger partial charge in [-0.05, 0) is 63.6 Å². The Balaban J connectivity index is 1.54. The SMILES string of the molecule is C[C@@H]1CN([C@@H](C)CO)C(=O)c2cc(NC(=O)CCCN(C)C)ccc2O[C@H]1CN(C)C(=O)Nc1cccc2ccccc12. The van der Waals surface area contributed by atoms with E-state index in [0.717, 1.165) is 29.4 Å². The molecule has 0 fully saturated rings. The highest BCUT2D eigenvalue weighted by molar-refractivity contribution is 6.02. The summed E-state index contributed by atoms with van der Waals surface area (Å²) in [4.78, 5) is 44.8. The number of nitrogens with zero attached hydrogens (tertiary/aromatic N) is 3. The number of carbonyl (C=O) groups is 3. The summed E-state index contributed by atoms with van der Waals surface area (Å²) in [5, 5.41) is 17.8. The highest BCUT2D eigenvalue weighted by Crippen LogP contribution is 2.31. The van der Waals surface area contributed by atoms with E-state index in [1.165, 1.54) is 0 Å². The quantitative estimate of drug-likeness (QED) is 0.321. The number of aliphatic hydroxyl groups is 1. The number of amides is 4. The van der Waals surface area contributed by atoms with Crippen LogP contribution in [0.3, 0.4) is 0 Å². The van der Waals surface area contributed by atoms with Crippen molar-refractivity contribution >= 4 is 40.0 Å². The number of benzene rings is 3. The largest absolute Gasteiger partial charge is 0.487 e. The number of urea groups is 1. The molecule has 10 heteroatoms. The van der Waals surface area contributed by atoms with Crippen molar-refractivity contribution in [2.75, 3.05) is 58.0 Å². The molecule has 0 aliphatic carbocycles. The molecule has 230 valence electrons. The molecule has 0 radical (unpaired) electrons. The first-order chi connectivity index (χ1) is 20.6. The molecule has 1 aliphatic rings. The first kappa shape index (κ1) is 31.8. The summed E-state index contributed by atoms with van der Waals surface area (Å²) in [6, 6.07) is 18.0. The van der Waals surface area contributed by atoms with Crippen molar-refractivity contribution in [2.24, 2.45) is 5.92 Å². The predicted octanol–water partition coefficient (Wildman–Crippen LogP) is 4.50. The highest BCUT2D eigenvalue weighted by Gasteiger charge is 2.34. The third-order valence-corrected chi connectivity index (χ3v) is 7.79. The third kappa shape index (κ3) is 8.03. The molecular weight excluding hydrogens is 546 g/mol. The molecule has 1 aliphatic heterocycles. The van der Waals surface area contributed by atoms with Gasteiger partial charge in [-0.25, -0.2) is 4.79 Å². The number of likely N-dealkylation sites (N-methyl/N-ethyl adjacent to an activating group) is 1. The predicted molar refractivity (Wildman–Crippen MR) is 170 cm³/mol. The van der Waals surface area contributed by atoms with E-state index in [-0.39, 0.29) is 36.9 Å². The molecule has 3 aromatic carbocycles. The van der Waals surface area contributed by atoms with Gasteiger partial charge in [0.1, 0.15) is 11.9 Å². The smallest absolute Gasteiger partial charge is 0.321 e. The van der Waals surface area contributed by atoms with Crippen molar-refractivity contribution in [3.8, 4) is 5.75 Å². The second-order valence-corrected chi connectivity index (χ2v) is 11.6. The van der Waals surface area contributed by atoms with Crippen molar-refractivity contribution < 1.29 is 24.2 Å². The number of fused-ring (bicyclic) bond motifs is 2. The Hall–Kier alpha value is -4.15. The van der Waals surface area contributed by atoms with Crippen molar-refractivity contribution in [3.63, 3.8) is 0 Å².